The summed E-state index contributed by atoms with van der Waals surface area (Å²) in [4.78, 5) is 19.8. The maximum absolute atomic E-state index is 10.9. The van der Waals surface area contributed by atoms with Crippen LogP contribution >= 0.6 is 0 Å². The van der Waals surface area contributed by atoms with E-state index in [-0.39, 0.29) is 37.7 Å². The van der Waals surface area contributed by atoms with Crippen molar-refractivity contribution in [2.75, 3.05) is 0 Å². The Morgan fingerprint density at radius 2 is 1.33 bits per heavy atom. The fourth-order valence-corrected chi connectivity index (χ4v) is 1.99. The van der Waals surface area contributed by atoms with Crippen molar-refractivity contribution in [1.29, 1.82) is 0 Å². The van der Waals surface area contributed by atoms with Gasteiger partial charge in [-0.05, 0) is 0 Å². The summed E-state index contributed by atoms with van der Waals surface area (Å²) in [7, 11) is -5.00. The third kappa shape index (κ3) is 4.18. The van der Waals surface area contributed by atoms with Crippen LogP contribution in [-0.2, 0) is 10.1 Å². The number of benzene rings is 1. The van der Waals surface area contributed by atoms with Gasteiger partial charge in [0.25, 0.3) is 10.1 Å². The first-order valence-electron chi connectivity index (χ1n) is 3.78. The second kappa shape index (κ2) is 7.00. The van der Waals surface area contributed by atoms with Crippen molar-refractivity contribution >= 4 is 22.1 Å². The number of hydrogen-bond donors (Lipinski definition) is 1. The molecule has 7 nitrogen and oxygen atoms in total. The Hall–Kier alpha value is -0.735. The fraction of sp³-hybridized carbons (Fsp3) is 0. The molecule has 0 aliphatic carbocycles. The van der Waals surface area contributed by atoms with Crippen molar-refractivity contribution in [3.05, 3.63) is 29.3 Å². The molecule has 86 valence electrons. The van der Waals surface area contributed by atoms with Gasteiger partial charge in [-0.3, -0.25) is 4.55 Å². The standard InChI is InChI=1S/C8H6O7S.2Li/c9-7(10)4-2-1-3-5(8(11)12)6(4)16(13,14)15;;/h1-3H,(H,9,10)(H,11,12)(H,13,14,15);;/q;2*+1/p-2. The summed E-state index contributed by atoms with van der Waals surface area (Å²) in [6, 6.07) is 2.58. The summed E-state index contributed by atoms with van der Waals surface area (Å²) in [5.74, 6) is -3.84. The second-order valence-electron chi connectivity index (χ2n) is 2.73. The topological polar surface area (TPSA) is 135 Å². The Bertz CT molecular complexity index is 535. The van der Waals surface area contributed by atoms with Crippen LogP contribution in [-0.4, -0.2) is 24.9 Å². The van der Waals surface area contributed by atoms with Crippen molar-refractivity contribution in [2.45, 2.75) is 4.90 Å². The molecule has 0 spiro atoms. The number of aromatic carboxylic acids is 2. The molecule has 0 atom stereocenters. The van der Waals surface area contributed by atoms with Crippen LogP contribution in [0.15, 0.2) is 23.1 Å². The second-order valence-corrected chi connectivity index (χ2v) is 4.09. The van der Waals surface area contributed by atoms with Gasteiger partial charge < -0.3 is 19.8 Å². The molecule has 0 aliphatic rings. The van der Waals surface area contributed by atoms with Gasteiger partial charge in [0.2, 0.25) is 0 Å². The largest absolute Gasteiger partial charge is 1.00 e. The molecule has 0 radical (unpaired) electrons. The molecule has 0 aliphatic heterocycles. The van der Waals surface area contributed by atoms with Crippen molar-refractivity contribution < 1.29 is 70.5 Å². The van der Waals surface area contributed by atoms with Gasteiger partial charge in [0.15, 0.2) is 0 Å². The molecule has 0 amide bonds. The van der Waals surface area contributed by atoms with Gasteiger partial charge in [0.1, 0.15) is 4.90 Å². The zero-order valence-electron chi connectivity index (χ0n) is 9.54. The minimum absolute atomic E-state index is 0. The molecule has 0 unspecified atom stereocenters. The van der Waals surface area contributed by atoms with Gasteiger partial charge in [-0.15, -0.1) is 0 Å². The third-order valence-electron chi connectivity index (χ3n) is 1.71. The van der Waals surface area contributed by atoms with Crippen LogP contribution in [0.2, 0.25) is 0 Å². The average molecular weight is 258 g/mol. The number of carboxylic acid groups (broad SMARTS) is 2. The number of carboxylic acids is 2. The average Bonchev–Trinajstić information content (AvgIpc) is 2.15. The predicted octanol–water partition coefficient (Wildman–Crippen LogP) is -8.33. The molecule has 0 aromatic heterocycles. The minimum Gasteiger partial charge on any atom is -0.545 e. The van der Waals surface area contributed by atoms with Crippen LogP contribution < -0.4 is 47.9 Å². The molecule has 1 aromatic carbocycles. The molecule has 0 saturated carbocycles. The first kappa shape index (κ1) is 19.6. The van der Waals surface area contributed by atoms with Crippen molar-refractivity contribution in [3.63, 3.8) is 0 Å². The molecule has 1 N–H and O–H groups in total. The molecule has 0 fully saturated rings. The van der Waals surface area contributed by atoms with Crippen LogP contribution in [0.1, 0.15) is 20.7 Å². The molecular formula is C8H4Li2O7S. The number of carbonyl (C=O) groups is 2. The Morgan fingerprint density at radius 3 is 1.56 bits per heavy atom. The maximum Gasteiger partial charge on any atom is 1.00 e. The zero-order valence-corrected chi connectivity index (χ0v) is 10.4. The number of hydrogen-bond acceptors (Lipinski definition) is 6. The van der Waals surface area contributed by atoms with E-state index in [0.29, 0.717) is 0 Å². The molecule has 0 bridgehead atoms. The zero-order chi connectivity index (χ0) is 12.5. The fourth-order valence-electron chi connectivity index (χ4n) is 1.14. The van der Waals surface area contributed by atoms with E-state index in [1.165, 1.54) is 0 Å². The summed E-state index contributed by atoms with van der Waals surface area (Å²) in [6.07, 6.45) is 0. The van der Waals surface area contributed by atoms with Crippen molar-refractivity contribution in [3.8, 4) is 0 Å². The van der Waals surface area contributed by atoms with Gasteiger partial charge in [-0.2, -0.15) is 8.42 Å². The van der Waals surface area contributed by atoms with Crippen LogP contribution in [0.25, 0.3) is 0 Å². The van der Waals surface area contributed by atoms with Crippen LogP contribution in [0.3, 0.4) is 0 Å². The molecule has 1 rings (SSSR count). The first-order valence-corrected chi connectivity index (χ1v) is 5.22. The predicted molar refractivity (Wildman–Crippen MR) is 44.9 cm³/mol. The van der Waals surface area contributed by atoms with Crippen molar-refractivity contribution in [2.24, 2.45) is 0 Å². The SMILES string of the molecule is O=C([O-])c1cccc(C(=O)[O-])c1S(=O)(=O)O.[Li+].[Li+]. The smallest absolute Gasteiger partial charge is 0.545 e. The number of carbonyl (C=O) groups excluding carboxylic acids is 2. The van der Waals surface area contributed by atoms with E-state index in [9.17, 15) is 28.2 Å². The van der Waals surface area contributed by atoms with Gasteiger partial charge in [-0.1, -0.05) is 18.2 Å². The van der Waals surface area contributed by atoms with Gasteiger partial charge in [0.05, 0.1) is 11.9 Å². The Labute approximate surface area is 126 Å². The molecule has 10 heteroatoms. The van der Waals surface area contributed by atoms with Crippen LogP contribution in [0.5, 0.6) is 0 Å². The Morgan fingerprint density at radius 1 is 1.00 bits per heavy atom. The van der Waals surface area contributed by atoms with Crippen LogP contribution in [0.4, 0.5) is 0 Å². The van der Waals surface area contributed by atoms with Gasteiger partial charge >= 0.3 is 37.7 Å². The normalized spacial score (nSPS) is 9.83. The Balaban J connectivity index is 0. The summed E-state index contributed by atoms with van der Waals surface area (Å²) in [6.45, 7) is 0. The van der Waals surface area contributed by atoms with E-state index in [0.717, 1.165) is 18.2 Å². The number of rotatable bonds is 3. The summed E-state index contributed by atoms with van der Waals surface area (Å²) in [5, 5.41) is 21.1. The van der Waals surface area contributed by atoms with E-state index in [4.69, 9.17) is 4.55 Å². The van der Waals surface area contributed by atoms with Crippen LogP contribution in [0, 0.1) is 0 Å². The van der Waals surface area contributed by atoms with Gasteiger partial charge in [-0.25, -0.2) is 0 Å². The molecule has 18 heavy (non-hydrogen) atoms. The monoisotopic (exact) mass is 258 g/mol. The quantitative estimate of drug-likeness (QED) is 0.420. The van der Waals surface area contributed by atoms with E-state index in [1.807, 2.05) is 0 Å². The summed E-state index contributed by atoms with van der Waals surface area (Å²) >= 11 is 0. The van der Waals surface area contributed by atoms with E-state index in [1.54, 1.807) is 0 Å². The minimum atomic E-state index is -5.00. The maximum atomic E-state index is 10.9. The van der Waals surface area contributed by atoms with Crippen molar-refractivity contribution in [1.82, 2.24) is 0 Å². The molecule has 1 aromatic rings. The first-order chi connectivity index (χ1) is 7.25. The van der Waals surface area contributed by atoms with Gasteiger partial charge in [0, 0.05) is 11.1 Å². The van der Waals surface area contributed by atoms with E-state index >= 15 is 0 Å². The molecule has 0 saturated heterocycles. The Kier molecular flexibility index (Phi) is 7.62. The molecular weight excluding hydrogens is 254 g/mol. The molecule has 0 heterocycles. The summed E-state index contributed by atoms with van der Waals surface area (Å²) < 4.78 is 30.5. The van der Waals surface area contributed by atoms with E-state index in [2.05, 4.69) is 0 Å². The van der Waals surface area contributed by atoms with E-state index < -0.39 is 38.1 Å². The summed E-state index contributed by atoms with van der Waals surface area (Å²) in [5.41, 5.74) is -1.88. The third-order valence-corrected chi connectivity index (χ3v) is 2.67.